The SMILES string of the molecule is CN1CCN(CC(O)CN(C)C(=O)Nc2ccc(Cl)cc2)CC1. The Hall–Kier alpha value is -1.34. The molecule has 7 heteroatoms. The van der Waals surface area contributed by atoms with Gasteiger partial charge in [-0.15, -0.1) is 0 Å². The summed E-state index contributed by atoms with van der Waals surface area (Å²) >= 11 is 5.82. The van der Waals surface area contributed by atoms with Crippen molar-refractivity contribution >= 4 is 23.3 Å². The van der Waals surface area contributed by atoms with Crippen LogP contribution in [0.5, 0.6) is 0 Å². The summed E-state index contributed by atoms with van der Waals surface area (Å²) in [7, 11) is 3.78. The summed E-state index contributed by atoms with van der Waals surface area (Å²) in [6.07, 6.45) is -0.556. The second kappa shape index (κ2) is 8.49. The summed E-state index contributed by atoms with van der Waals surface area (Å²) in [6, 6.07) is 6.69. The van der Waals surface area contributed by atoms with Crippen LogP contribution in [0.25, 0.3) is 0 Å². The molecule has 1 unspecified atom stereocenters. The van der Waals surface area contributed by atoms with E-state index in [2.05, 4.69) is 22.2 Å². The summed E-state index contributed by atoms with van der Waals surface area (Å²) < 4.78 is 0. The van der Waals surface area contributed by atoms with Crippen LogP contribution in [0.15, 0.2) is 24.3 Å². The number of hydrogen-bond donors (Lipinski definition) is 2. The van der Waals surface area contributed by atoms with E-state index in [0.29, 0.717) is 23.8 Å². The van der Waals surface area contributed by atoms with Gasteiger partial charge in [-0.05, 0) is 31.3 Å². The average molecular weight is 341 g/mol. The number of hydrogen-bond acceptors (Lipinski definition) is 4. The number of rotatable bonds is 5. The Kier molecular flexibility index (Phi) is 6.65. The van der Waals surface area contributed by atoms with E-state index in [1.54, 1.807) is 31.3 Å². The number of amides is 2. The maximum Gasteiger partial charge on any atom is 0.321 e. The molecule has 1 aromatic rings. The van der Waals surface area contributed by atoms with Crippen molar-refractivity contribution in [2.45, 2.75) is 6.10 Å². The first kappa shape index (κ1) is 18.0. The van der Waals surface area contributed by atoms with Crippen molar-refractivity contribution in [3.63, 3.8) is 0 Å². The summed E-state index contributed by atoms with van der Waals surface area (Å²) in [6.45, 7) is 4.82. The molecule has 1 fully saturated rings. The highest BCUT2D eigenvalue weighted by Gasteiger charge is 2.19. The summed E-state index contributed by atoms with van der Waals surface area (Å²) in [5.74, 6) is 0. The number of piperazine rings is 1. The zero-order chi connectivity index (χ0) is 16.8. The van der Waals surface area contributed by atoms with E-state index in [9.17, 15) is 9.90 Å². The number of carbonyl (C=O) groups excluding carboxylic acids is 1. The molecule has 0 aromatic heterocycles. The monoisotopic (exact) mass is 340 g/mol. The van der Waals surface area contributed by atoms with Crippen LogP contribution >= 0.6 is 11.6 Å². The fraction of sp³-hybridized carbons (Fsp3) is 0.562. The van der Waals surface area contributed by atoms with E-state index in [1.807, 2.05) is 0 Å². The lowest BCUT2D eigenvalue weighted by molar-refractivity contribution is 0.0670. The van der Waals surface area contributed by atoms with Crippen molar-refractivity contribution in [2.24, 2.45) is 0 Å². The summed E-state index contributed by atoms with van der Waals surface area (Å²) in [4.78, 5) is 18.1. The van der Waals surface area contributed by atoms with Gasteiger partial charge in [-0.25, -0.2) is 4.79 Å². The Bertz CT molecular complexity index is 503. The highest BCUT2D eigenvalue weighted by Crippen LogP contribution is 2.13. The van der Waals surface area contributed by atoms with Gasteiger partial charge in [-0.1, -0.05) is 11.6 Å². The maximum absolute atomic E-state index is 12.1. The predicted octanol–water partition coefficient (Wildman–Crippen LogP) is 1.41. The van der Waals surface area contributed by atoms with Gasteiger partial charge in [-0.3, -0.25) is 4.90 Å². The quantitative estimate of drug-likeness (QED) is 0.851. The van der Waals surface area contributed by atoms with Gasteiger partial charge in [0.05, 0.1) is 6.10 Å². The first-order valence-electron chi connectivity index (χ1n) is 7.80. The normalized spacial score (nSPS) is 17.7. The lowest BCUT2D eigenvalue weighted by Gasteiger charge is -2.34. The summed E-state index contributed by atoms with van der Waals surface area (Å²) in [5, 5.41) is 13.6. The molecule has 128 valence electrons. The third-order valence-corrected chi connectivity index (χ3v) is 4.24. The van der Waals surface area contributed by atoms with Crippen molar-refractivity contribution < 1.29 is 9.90 Å². The van der Waals surface area contributed by atoms with Crippen molar-refractivity contribution in [1.29, 1.82) is 0 Å². The molecule has 0 radical (unpaired) electrons. The van der Waals surface area contributed by atoms with Gasteiger partial charge < -0.3 is 20.2 Å². The lowest BCUT2D eigenvalue weighted by atomic mass is 10.2. The molecule has 2 rings (SSSR count). The molecule has 0 bridgehead atoms. The standard InChI is InChI=1S/C16H25ClN4O2/c1-19-7-9-21(10-8-19)12-15(22)11-20(2)16(23)18-14-5-3-13(17)4-6-14/h3-6,15,22H,7-12H2,1-2H3,(H,18,23). The second-order valence-electron chi connectivity index (χ2n) is 6.08. The van der Waals surface area contributed by atoms with Crippen LogP contribution in [0.3, 0.4) is 0 Å². The predicted molar refractivity (Wildman–Crippen MR) is 93.0 cm³/mol. The van der Waals surface area contributed by atoms with E-state index >= 15 is 0 Å². The fourth-order valence-electron chi connectivity index (χ4n) is 2.54. The molecule has 1 aliphatic heterocycles. The number of aliphatic hydroxyl groups is 1. The number of nitrogens with one attached hydrogen (secondary N) is 1. The fourth-order valence-corrected chi connectivity index (χ4v) is 2.66. The molecule has 2 N–H and O–H groups in total. The number of nitrogens with zero attached hydrogens (tertiary/aromatic N) is 3. The molecule has 1 aromatic carbocycles. The second-order valence-corrected chi connectivity index (χ2v) is 6.51. The topological polar surface area (TPSA) is 59.1 Å². The van der Waals surface area contributed by atoms with Crippen LogP contribution in [0.4, 0.5) is 10.5 Å². The Morgan fingerprint density at radius 1 is 1.30 bits per heavy atom. The molecule has 1 atom stereocenters. The van der Waals surface area contributed by atoms with Gasteiger partial charge >= 0.3 is 6.03 Å². The Labute approximate surface area is 142 Å². The minimum atomic E-state index is -0.556. The first-order valence-corrected chi connectivity index (χ1v) is 8.18. The van der Waals surface area contributed by atoms with Crippen LogP contribution < -0.4 is 5.32 Å². The van der Waals surface area contributed by atoms with Gasteiger partial charge in [0.2, 0.25) is 0 Å². The van der Waals surface area contributed by atoms with Gasteiger partial charge in [0.25, 0.3) is 0 Å². The van der Waals surface area contributed by atoms with Gasteiger partial charge in [0.15, 0.2) is 0 Å². The number of aliphatic hydroxyl groups excluding tert-OH is 1. The Morgan fingerprint density at radius 3 is 2.52 bits per heavy atom. The molecule has 1 saturated heterocycles. The summed E-state index contributed by atoms with van der Waals surface area (Å²) in [5.41, 5.74) is 0.680. The van der Waals surface area contributed by atoms with E-state index in [1.165, 1.54) is 4.90 Å². The molecule has 6 nitrogen and oxygen atoms in total. The minimum absolute atomic E-state index is 0.246. The lowest BCUT2D eigenvalue weighted by Crippen LogP contribution is -2.49. The van der Waals surface area contributed by atoms with Crippen LogP contribution in [0, 0.1) is 0 Å². The van der Waals surface area contributed by atoms with Crippen molar-refractivity contribution in [3.8, 4) is 0 Å². The Morgan fingerprint density at radius 2 is 1.91 bits per heavy atom. The maximum atomic E-state index is 12.1. The average Bonchev–Trinajstić information content (AvgIpc) is 2.51. The van der Waals surface area contributed by atoms with Crippen LogP contribution in [-0.4, -0.2) is 85.3 Å². The number of benzene rings is 1. The van der Waals surface area contributed by atoms with Crippen LogP contribution in [0.1, 0.15) is 0 Å². The number of carbonyl (C=O) groups is 1. The van der Waals surface area contributed by atoms with E-state index in [0.717, 1.165) is 26.2 Å². The van der Waals surface area contributed by atoms with E-state index < -0.39 is 6.10 Å². The molecule has 23 heavy (non-hydrogen) atoms. The largest absolute Gasteiger partial charge is 0.390 e. The highest BCUT2D eigenvalue weighted by atomic mass is 35.5. The first-order chi connectivity index (χ1) is 10.9. The van der Waals surface area contributed by atoms with Crippen LogP contribution in [0.2, 0.25) is 5.02 Å². The van der Waals surface area contributed by atoms with Crippen molar-refractivity contribution in [3.05, 3.63) is 29.3 Å². The number of likely N-dealkylation sites (N-methyl/N-ethyl adjacent to an activating group) is 2. The number of urea groups is 1. The van der Waals surface area contributed by atoms with Gasteiger partial charge in [-0.2, -0.15) is 0 Å². The molecule has 1 heterocycles. The molecular weight excluding hydrogens is 316 g/mol. The zero-order valence-corrected chi connectivity index (χ0v) is 14.5. The molecule has 1 aliphatic rings. The van der Waals surface area contributed by atoms with E-state index in [-0.39, 0.29) is 6.03 Å². The Balaban J connectivity index is 1.75. The van der Waals surface area contributed by atoms with Gasteiger partial charge in [0.1, 0.15) is 0 Å². The van der Waals surface area contributed by atoms with Crippen molar-refractivity contribution in [2.75, 3.05) is 58.7 Å². The number of halogens is 1. The van der Waals surface area contributed by atoms with E-state index in [4.69, 9.17) is 11.6 Å². The molecule has 0 spiro atoms. The smallest absolute Gasteiger partial charge is 0.321 e. The number of anilines is 1. The third kappa shape index (κ3) is 5.99. The van der Waals surface area contributed by atoms with Crippen molar-refractivity contribution in [1.82, 2.24) is 14.7 Å². The minimum Gasteiger partial charge on any atom is -0.390 e. The third-order valence-electron chi connectivity index (χ3n) is 3.99. The molecule has 2 amide bonds. The zero-order valence-electron chi connectivity index (χ0n) is 13.7. The highest BCUT2D eigenvalue weighted by molar-refractivity contribution is 6.30. The van der Waals surface area contributed by atoms with Crippen LogP contribution in [-0.2, 0) is 0 Å². The number of β-amino-alcohol motifs (C(OH)–C–C–N with tert-alkyl or cyclic N) is 1. The molecule has 0 saturated carbocycles. The molecular formula is C16H25ClN4O2. The van der Waals surface area contributed by atoms with Gasteiger partial charge in [0, 0.05) is 57.0 Å². The molecule has 0 aliphatic carbocycles.